The molecule has 0 bridgehead atoms. The maximum Gasteiger partial charge on any atom is 0.256 e. The Balaban J connectivity index is 1.45. The van der Waals surface area contributed by atoms with E-state index in [1.807, 2.05) is 38.1 Å². The van der Waals surface area contributed by atoms with Crippen molar-refractivity contribution in [2.24, 2.45) is 0 Å². The number of carbonyl (C=O) groups excluding carboxylic acids is 1. The van der Waals surface area contributed by atoms with Crippen LogP contribution in [-0.2, 0) is 11.2 Å². The zero-order valence-electron chi connectivity index (χ0n) is 18.0. The normalized spacial score (nSPS) is 14.8. The molecule has 1 fully saturated rings. The Labute approximate surface area is 187 Å². The van der Waals surface area contributed by atoms with Crippen LogP contribution in [0.3, 0.4) is 0 Å². The molecule has 1 amide bonds. The van der Waals surface area contributed by atoms with Crippen molar-refractivity contribution in [1.82, 2.24) is 24.8 Å². The van der Waals surface area contributed by atoms with Crippen molar-refractivity contribution in [1.29, 1.82) is 0 Å². The van der Waals surface area contributed by atoms with Gasteiger partial charge in [-0.05, 0) is 50.1 Å². The van der Waals surface area contributed by atoms with Crippen molar-refractivity contribution in [3.8, 4) is 0 Å². The number of carbonyl (C=O) groups is 1. The van der Waals surface area contributed by atoms with Gasteiger partial charge in [-0.2, -0.15) is 5.10 Å². The summed E-state index contributed by atoms with van der Waals surface area (Å²) in [6.45, 7) is 9.07. The maximum absolute atomic E-state index is 12.8. The molecular formula is C23H28ClN5O2. The summed E-state index contributed by atoms with van der Waals surface area (Å²) < 4.78 is 7.13. The molecule has 0 saturated carbocycles. The highest BCUT2D eigenvalue weighted by atomic mass is 35.5. The van der Waals surface area contributed by atoms with E-state index in [0.717, 1.165) is 61.8 Å². The third-order valence-corrected chi connectivity index (χ3v) is 6.00. The highest BCUT2D eigenvalue weighted by Gasteiger charge is 2.18. The molecule has 2 aromatic heterocycles. The van der Waals surface area contributed by atoms with Crippen LogP contribution in [0.4, 0.5) is 0 Å². The van der Waals surface area contributed by atoms with Crippen molar-refractivity contribution in [3.63, 3.8) is 0 Å². The van der Waals surface area contributed by atoms with E-state index in [2.05, 4.69) is 15.3 Å². The zero-order valence-corrected chi connectivity index (χ0v) is 18.8. The third kappa shape index (κ3) is 5.06. The number of morpholine rings is 1. The number of amides is 1. The molecule has 3 aromatic rings. The summed E-state index contributed by atoms with van der Waals surface area (Å²) in [5.74, 6) is -0.133. The van der Waals surface area contributed by atoms with E-state index < -0.39 is 0 Å². The molecule has 1 N–H and O–H groups in total. The van der Waals surface area contributed by atoms with Crippen molar-refractivity contribution < 1.29 is 9.53 Å². The van der Waals surface area contributed by atoms with Gasteiger partial charge < -0.3 is 10.1 Å². The fraction of sp³-hybridized carbons (Fsp3) is 0.435. The Morgan fingerprint density at radius 3 is 2.84 bits per heavy atom. The van der Waals surface area contributed by atoms with Gasteiger partial charge in [-0.25, -0.2) is 9.50 Å². The number of nitrogens with one attached hydrogen (secondary N) is 1. The molecule has 0 aliphatic carbocycles. The average Bonchev–Trinajstić information content (AvgIpc) is 3.19. The van der Waals surface area contributed by atoms with E-state index in [1.165, 1.54) is 0 Å². The Morgan fingerprint density at radius 1 is 1.26 bits per heavy atom. The fourth-order valence-corrected chi connectivity index (χ4v) is 4.22. The largest absolute Gasteiger partial charge is 0.379 e. The quantitative estimate of drug-likeness (QED) is 0.570. The zero-order chi connectivity index (χ0) is 21.8. The number of halogens is 1. The molecule has 1 saturated heterocycles. The van der Waals surface area contributed by atoms with Gasteiger partial charge in [-0.15, -0.1) is 0 Å². The molecular weight excluding hydrogens is 414 g/mol. The Kier molecular flexibility index (Phi) is 6.85. The first kappa shape index (κ1) is 21.7. The molecule has 4 rings (SSSR count). The number of nitrogens with zero attached hydrogens (tertiary/aromatic N) is 4. The van der Waals surface area contributed by atoms with Crippen molar-refractivity contribution >= 4 is 23.2 Å². The topological polar surface area (TPSA) is 71.8 Å². The first-order valence-corrected chi connectivity index (χ1v) is 11.1. The highest BCUT2D eigenvalue weighted by Crippen LogP contribution is 2.21. The van der Waals surface area contributed by atoms with Crippen LogP contribution in [0.1, 0.15) is 39.3 Å². The van der Waals surface area contributed by atoms with Crippen LogP contribution in [0, 0.1) is 13.8 Å². The number of rotatable bonds is 7. The average molecular weight is 442 g/mol. The summed E-state index contributed by atoms with van der Waals surface area (Å²) in [4.78, 5) is 19.8. The van der Waals surface area contributed by atoms with E-state index in [4.69, 9.17) is 21.3 Å². The van der Waals surface area contributed by atoms with E-state index in [9.17, 15) is 4.79 Å². The minimum Gasteiger partial charge on any atom is -0.379 e. The van der Waals surface area contributed by atoms with Gasteiger partial charge in [0.15, 0.2) is 5.65 Å². The van der Waals surface area contributed by atoms with Gasteiger partial charge in [0, 0.05) is 42.5 Å². The Bertz CT molecular complexity index is 1080. The summed E-state index contributed by atoms with van der Waals surface area (Å²) in [5, 5.41) is 8.17. The van der Waals surface area contributed by atoms with Gasteiger partial charge in [0.05, 0.1) is 19.4 Å². The molecule has 8 heteroatoms. The lowest BCUT2D eigenvalue weighted by Gasteiger charge is -2.26. The lowest BCUT2D eigenvalue weighted by molar-refractivity contribution is 0.0374. The van der Waals surface area contributed by atoms with E-state index in [1.54, 1.807) is 10.7 Å². The monoisotopic (exact) mass is 441 g/mol. The summed E-state index contributed by atoms with van der Waals surface area (Å²) in [6, 6.07) is 7.83. The molecule has 0 radical (unpaired) electrons. The number of aromatic nitrogens is 3. The molecule has 3 heterocycles. The molecule has 164 valence electrons. The minimum absolute atomic E-state index is 0.133. The molecule has 0 spiro atoms. The van der Waals surface area contributed by atoms with Crippen molar-refractivity contribution in [2.75, 3.05) is 39.4 Å². The summed E-state index contributed by atoms with van der Waals surface area (Å²) in [5.41, 5.74) is 5.18. The van der Waals surface area contributed by atoms with Gasteiger partial charge >= 0.3 is 0 Å². The number of ether oxygens (including phenoxy) is 1. The van der Waals surface area contributed by atoms with Crippen LogP contribution in [-0.4, -0.2) is 64.8 Å². The molecule has 7 nitrogen and oxygen atoms in total. The molecule has 0 unspecified atom stereocenters. The minimum atomic E-state index is -0.133. The van der Waals surface area contributed by atoms with E-state index in [0.29, 0.717) is 29.2 Å². The molecule has 1 aliphatic rings. The first-order valence-electron chi connectivity index (χ1n) is 10.7. The molecule has 31 heavy (non-hydrogen) atoms. The first-order chi connectivity index (χ1) is 15.0. The maximum atomic E-state index is 12.8. The van der Waals surface area contributed by atoms with Gasteiger partial charge in [0.25, 0.3) is 5.91 Å². The standard InChI is InChI=1S/C23H28ClN5O2/c1-16-20(14-18-5-3-6-19(24)13-18)17(2)29-22(27-16)21(15-26-29)23(30)25-7-4-8-28-9-11-31-12-10-28/h3,5-6,13,15H,4,7-12,14H2,1-2H3,(H,25,30). The van der Waals surface area contributed by atoms with Crippen LogP contribution < -0.4 is 5.32 Å². The molecule has 1 aliphatic heterocycles. The second kappa shape index (κ2) is 9.77. The van der Waals surface area contributed by atoms with Crippen molar-refractivity contribution in [2.45, 2.75) is 26.7 Å². The molecule has 1 aromatic carbocycles. The van der Waals surface area contributed by atoms with Crippen molar-refractivity contribution in [3.05, 3.63) is 63.6 Å². The predicted octanol–water partition coefficient (Wildman–Crippen LogP) is 3.04. The second-order valence-corrected chi connectivity index (χ2v) is 8.36. The number of fused-ring (bicyclic) bond motifs is 1. The second-order valence-electron chi connectivity index (χ2n) is 7.92. The number of aryl methyl sites for hydroxylation is 2. The van der Waals surface area contributed by atoms with Gasteiger partial charge in [0.2, 0.25) is 0 Å². The van der Waals surface area contributed by atoms with Crippen LogP contribution in [0.25, 0.3) is 5.65 Å². The van der Waals surface area contributed by atoms with Crippen LogP contribution in [0.5, 0.6) is 0 Å². The third-order valence-electron chi connectivity index (χ3n) is 5.76. The predicted molar refractivity (Wildman–Crippen MR) is 121 cm³/mol. The highest BCUT2D eigenvalue weighted by molar-refractivity contribution is 6.30. The number of hydrogen-bond donors (Lipinski definition) is 1. The Hall–Kier alpha value is -2.48. The number of benzene rings is 1. The van der Waals surface area contributed by atoms with Crippen LogP contribution >= 0.6 is 11.6 Å². The smallest absolute Gasteiger partial charge is 0.256 e. The summed E-state index contributed by atoms with van der Waals surface area (Å²) >= 11 is 6.13. The lowest BCUT2D eigenvalue weighted by atomic mass is 10.0. The van der Waals surface area contributed by atoms with Gasteiger partial charge in [-0.3, -0.25) is 9.69 Å². The Morgan fingerprint density at radius 2 is 2.06 bits per heavy atom. The fourth-order valence-electron chi connectivity index (χ4n) is 4.00. The van der Waals surface area contributed by atoms with Gasteiger partial charge in [-0.1, -0.05) is 23.7 Å². The van der Waals surface area contributed by atoms with Crippen LogP contribution in [0.2, 0.25) is 5.02 Å². The van der Waals surface area contributed by atoms with Crippen LogP contribution in [0.15, 0.2) is 30.5 Å². The SMILES string of the molecule is Cc1nc2c(C(=O)NCCCN3CCOCC3)cnn2c(C)c1Cc1cccc(Cl)c1. The van der Waals surface area contributed by atoms with E-state index >= 15 is 0 Å². The van der Waals surface area contributed by atoms with E-state index in [-0.39, 0.29) is 5.91 Å². The molecule has 0 atom stereocenters. The van der Waals surface area contributed by atoms with Gasteiger partial charge in [0.1, 0.15) is 5.56 Å². The summed E-state index contributed by atoms with van der Waals surface area (Å²) in [7, 11) is 0. The lowest BCUT2D eigenvalue weighted by Crippen LogP contribution is -2.38. The number of hydrogen-bond acceptors (Lipinski definition) is 5. The summed E-state index contributed by atoms with van der Waals surface area (Å²) in [6.07, 6.45) is 3.22.